The first-order valence-corrected chi connectivity index (χ1v) is 21.2. The van der Waals surface area contributed by atoms with Gasteiger partial charge in [-0.25, -0.2) is 4.79 Å². The molecule has 2 saturated heterocycles. The molecule has 2 aliphatic heterocycles. The molecule has 0 bridgehead atoms. The predicted octanol–water partition coefficient (Wildman–Crippen LogP) is 0.133. The molecule has 19 heteroatoms. The Hall–Kier alpha value is -2.85. The predicted molar refractivity (Wildman–Crippen MR) is 204 cm³/mol. The monoisotopic (exact) mass is 846 g/mol. The van der Waals surface area contributed by atoms with Crippen LogP contribution in [0, 0.1) is 17.8 Å². The normalized spacial score (nSPS) is 36.0. The van der Waals surface area contributed by atoms with Crippen molar-refractivity contribution >= 4 is 29.5 Å². The van der Waals surface area contributed by atoms with Crippen molar-refractivity contribution in [2.75, 3.05) is 13.2 Å². The van der Waals surface area contributed by atoms with Gasteiger partial charge in [-0.15, -0.1) is 0 Å². The molecule has 2 amide bonds. The molecule has 2 heterocycles. The number of carboxylic acids is 2. The van der Waals surface area contributed by atoms with Gasteiger partial charge >= 0.3 is 11.9 Å². The van der Waals surface area contributed by atoms with Crippen molar-refractivity contribution in [1.29, 1.82) is 0 Å². The zero-order chi connectivity index (χ0) is 43.4. The van der Waals surface area contributed by atoms with Gasteiger partial charge in [-0.3, -0.25) is 19.2 Å². The van der Waals surface area contributed by atoms with Crippen LogP contribution in [0.1, 0.15) is 111 Å². The number of amides is 2. The second kappa shape index (κ2) is 23.4. The summed E-state index contributed by atoms with van der Waals surface area (Å²) in [6.07, 6.45) is -10.2. The molecule has 19 nitrogen and oxygen atoms in total. The molecule has 15 atom stereocenters. The molecular weight excluding hydrogens is 780 g/mol. The number of carbonyl (C=O) groups is 5. The molecule has 59 heavy (non-hydrogen) atoms. The third-order valence-electron chi connectivity index (χ3n) is 12.1. The first-order valence-electron chi connectivity index (χ1n) is 21.2. The van der Waals surface area contributed by atoms with E-state index in [4.69, 9.17) is 28.8 Å². The number of hydrogen-bond donors (Lipinski definition) is 9. The quantitative estimate of drug-likeness (QED) is 0.0694. The van der Waals surface area contributed by atoms with Gasteiger partial charge in [-0.05, 0) is 50.9 Å². The second-order valence-electron chi connectivity index (χ2n) is 16.6. The molecule has 0 aromatic rings. The number of carbonyl (C=O) groups excluding carboxylic acids is 3. The first kappa shape index (κ1) is 48.8. The van der Waals surface area contributed by atoms with Crippen LogP contribution in [0.5, 0.6) is 0 Å². The lowest BCUT2D eigenvalue weighted by atomic mass is 9.74. The number of nitrogens with one attached hydrogen (secondary N) is 2. The van der Waals surface area contributed by atoms with E-state index in [9.17, 15) is 54.6 Å². The fourth-order valence-electron chi connectivity index (χ4n) is 8.81. The Bertz CT molecular complexity index is 1380. The third kappa shape index (κ3) is 13.8. The van der Waals surface area contributed by atoms with Gasteiger partial charge < -0.3 is 70.1 Å². The Labute approximate surface area is 344 Å². The average molecular weight is 847 g/mol. The maximum Gasteiger partial charge on any atom is 0.332 e. The number of carboxylic acid groups (broad SMARTS) is 2. The Morgan fingerprint density at radius 2 is 1.53 bits per heavy atom. The van der Waals surface area contributed by atoms with Crippen molar-refractivity contribution in [3.05, 3.63) is 0 Å². The van der Waals surface area contributed by atoms with Crippen LogP contribution in [0.2, 0.25) is 0 Å². The number of Topliss-reactive ketones (excluding diaryl/α,β-unsaturated/α-hetero) is 1. The number of aliphatic carboxylic acids is 2. The molecule has 2 saturated carbocycles. The lowest BCUT2D eigenvalue weighted by molar-refractivity contribution is -0.338. The molecule has 4 fully saturated rings. The minimum Gasteiger partial charge on any atom is -0.481 e. The SMILES string of the molecule is CCC1CC(C(=O)CCCNC(=O)CCCC(=O)O)C[C@@H](O[C@@H]2O[C@@H](CO)[C@H](O)C(O[C@@H](CC3CCCCC3)C(=O)O)C2NC(C)=O)[C@@H]1O[C@@H]1OC(C)[C@@H](O)[C@H](O)C1O. The van der Waals surface area contributed by atoms with Crippen molar-refractivity contribution < 1.29 is 83.4 Å². The number of rotatable bonds is 21. The van der Waals surface area contributed by atoms with Crippen molar-refractivity contribution in [3.63, 3.8) is 0 Å². The average Bonchev–Trinajstić information content (AvgIpc) is 3.19. The van der Waals surface area contributed by atoms with Gasteiger partial charge in [0.05, 0.1) is 24.9 Å². The fourth-order valence-corrected chi connectivity index (χ4v) is 8.81. The van der Waals surface area contributed by atoms with Crippen LogP contribution in [0.4, 0.5) is 0 Å². The summed E-state index contributed by atoms with van der Waals surface area (Å²) in [6.45, 7) is 4.04. The first-order chi connectivity index (χ1) is 28.0. The Kier molecular flexibility index (Phi) is 19.4. The zero-order valence-corrected chi connectivity index (χ0v) is 34.3. The molecule has 0 radical (unpaired) electrons. The summed E-state index contributed by atoms with van der Waals surface area (Å²) in [5.74, 6) is -4.27. The van der Waals surface area contributed by atoms with E-state index in [0.29, 0.717) is 19.3 Å². The van der Waals surface area contributed by atoms with E-state index in [1.54, 1.807) is 0 Å². The van der Waals surface area contributed by atoms with E-state index in [2.05, 4.69) is 10.6 Å². The fraction of sp³-hybridized carbons (Fsp3) is 0.875. The van der Waals surface area contributed by atoms with Crippen LogP contribution >= 0.6 is 0 Å². The van der Waals surface area contributed by atoms with Crippen LogP contribution in [-0.4, -0.2) is 158 Å². The zero-order valence-electron chi connectivity index (χ0n) is 34.3. The van der Waals surface area contributed by atoms with Crippen molar-refractivity contribution in [2.24, 2.45) is 17.8 Å². The minimum absolute atomic E-state index is 0.0229. The molecular formula is C40H66N2O17. The summed E-state index contributed by atoms with van der Waals surface area (Å²) in [4.78, 5) is 61.9. The van der Waals surface area contributed by atoms with E-state index in [0.717, 1.165) is 32.1 Å². The van der Waals surface area contributed by atoms with E-state index in [-0.39, 0.29) is 62.7 Å². The largest absolute Gasteiger partial charge is 0.481 e. The topological polar surface area (TPSA) is 297 Å². The molecule has 6 unspecified atom stereocenters. The van der Waals surface area contributed by atoms with Crippen molar-refractivity contribution in [3.8, 4) is 0 Å². The maximum absolute atomic E-state index is 13.8. The molecule has 0 aromatic carbocycles. The van der Waals surface area contributed by atoms with Gasteiger partial charge in [-0.2, -0.15) is 0 Å². The number of aliphatic hydroxyl groups is 5. The summed E-state index contributed by atoms with van der Waals surface area (Å²) < 4.78 is 31.0. The van der Waals surface area contributed by atoms with E-state index in [1.165, 1.54) is 13.8 Å². The standard InChI is InChI=1S/C40H66N2O17/c1-4-23-17-24(25(45)12-9-15-41-29(46)13-8-14-30(47)48)18-26(36(23)59-40-35(52)34(51)32(49)20(2)55-40)57-39-31(42-21(3)44)37(33(50)28(19-43)58-39)56-27(38(53)54)16-22-10-6-5-7-11-22/h20,22-24,26-28,31-37,39-40,43,49-52H,4-19H2,1-3H3,(H,41,46)(H,42,44)(H,47,48)(H,53,54)/t20?,23?,24?,26-,27+,28+,31?,32-,33+,34+,35?,36-,37?,39-,40+/m1/s1. The highest BCUT2D eigenvalue weighted by atomic mass is 16.7. The molecule has 0 spiro atoms. The second-order valence-corrected chi connectivity index (χ2v) is 16.6. The van der Waals surface area contributed by atoms with Gasteiger partial charge in [-0.1, -0.05) is 45.4 Å². The molecule has 2 aliphatic carbocycles. The summed E-state index contributed by atoms with van der Waals surface area (Å²) in [5, 5.41) is 78.0. The van der Waals surface area contributed by atoms with Gasteiger partial charge in [0.1, 0.15) is 48.4 Å². The van der Waals surface area contributed by atoms with Crippen LogP contribution in [0.25, 0.3) is 0 Å². The van der Waals surface area contributed by atoms with Gasteiger partial charge in [0.25, 0.3) is 0 Å². The van der Waals surface area contributed by atoms with E-state index in [1.807, 2.05) is 6.92 Å². The highest BCUT2D eigenvalue weighted by Gasteiger charge is 2.52. The number of ether oxygens (including phenoxy) is 5. The third-order valence-corrected chi connectivity index (χ3v) is 12.1. The van der Waals surface area contributed by atoms with Crippen molar-refractivity contribution in [1.82, 2.24) is 10.6 Å². The van der Waals surface area contributed by atoms with E-state index < -0.39 is 116 Å². The summed E-state index contributed by atoms with van der Waals surface area (Å²) in [7, 11) is 0. The minimum atomic E-state index is -1.67. The van der Waals surface area contributed by atoms with Gasteiger partial charge in [0, 0.05) is 38.6 Å². The Morgan fingerprint density at radius 1 is 0.814 bits per heavy atom. The molecule has 9 N–H and O–H groups in total. The molecule has 0 aromatic heterocycles. The summed E-state index contributed by atoms with van der Waals surface area (Å²) in [5.41, 5.74) is 0. The lowest BCUT2D eigenvalue weighted by Crippen LogP contribution is -2.67. The number of aliphatic hydroxyl groups excluding tert-OH is 5. The van der Waals surface area contributed by atoms with Crippen LogP contribution < -0.4 is 10.6 Å². The van der Waals surface area contributed by atoms with E-state index >= 15 is 0 Å². The Morgan fingerprint density at radius 3 is 2.15 bits per heavy atom. The molecule has 4 rings (SSSR count). The van der Waals surface area contributed by atoms with Crippen LogP contribution in [0.3, 0.4) is 0 Å². The highest BCUT2D eigenvalue weighted by molar-refractivity contribution is 5.81. The molecule has 4 aliphatic rings. The number of ketones is 1. The number of hydrogen-bond acceptors (Lipinski definition) is 15. The summed E-state index contributed by atoms with van der Waals surface area (Å²) in [6, 6.07) is -1.32. The van der Waals surface area contributed by atoms with Crippen LogP contribution in [0.15, 0.2) is 0 Å². The van der Waals surface area contributed by atoms with Gasteiger partial charge in [0.15, 0.2) is 18.7 Å². The summed E-state index contributed by atoms with van der Waals surface area (Å²) >= 11 is 0. The van der Waals surface area contributed by atoms with Crippen LogP contribution in [-0.2, 0) is 47.7 Å². The molecule has 338 valence electrons. The van der Waals surface area contributed by atoms with Gasteiger partial charge in [0.2, 0.25) is 11.8 Å². The lowest BCUT2D eigenvalue weighted by Gasteiger charge is -2.49. The smallest absolute Gasteiger partial charge is 0.332 e. The highest BCUT2D eigenvalue weighted by Crippen LogP contribution is 2.40. The van der Waals surface area contributed by atoms with Crippen molar-refractivity contribution in [2.45, 2.75) is 190 Å². The Balaban J connectivity index is 1.59. The maximum atomic E-state index is 13.8.